The monoisotopic (exact) mass is 442 g/mol. The predicted molar refractivity (Wildman–Crippen MR) is 117 cm³/mol. The predicted octanol–water partition coefficient (Wildman–Crippen LogP) is 4.96. The number of aryl methyl sites for hydroxylation is 1. The van der Waals surface area contributed by atoms with Gasteiger partial charge < -0.3 is 20.4 Å². The van der Waals surface area contributed by atoms with Crippen LogP contribution < -0.4 is 10.6 Å². The van der Waals surface area contributed by atoms with Gasteiger partial charge in [0.1, 0.15) is 5.82 Å². The zero-order valence-electron chi connectivity index (χ0n) is 16.4. The maximum atomic E-state index is 13.1. The number of unbranched alkanes of at least 4 members (excludes halogenated alkanes) is 2. The van der Waals surface area contributed by atoms with Gasteiger partial charge in [-0.15, -0.1) is 0 Å². The summed E-state index contributed by atoms with van der Waals surface area (Å²) in [7, 11) is -3.91. The second-order valence-electron chi connectivity index (χ2n) is 7.10. The van der Waals surface area contributed by atoms with Crippen molar-refractivity contribution >= 4 is 24.9 Å². The summed E-state index contributed by atoms with van der Waals surface area (Å²) in [5.74, 6) is -0.182. The molecule has 29 heavy (non-hydrogen) atoms. The fourth-order valence-corrected chi connectivity index (χ4v) is 3.84. The Bertz CT molecular complexity index is 816. The third-order valence-electron chi connectivity index (χ3n) is 4.51. The standard InChI is InChI=1S/C21H29ClFN2O3P/c22-20-15-18(16-24-11-5-13-29(26,27)28)9-10-21(20)25-12-3-1-2-6-17-7-4-8-19(23)14-17/h4,7-10,14-15,24-25H,1-3,5-6,11-13,16H2,(H2,26,27,28). The molecule has 0 aliphatic carbocycles. The lowest BCUT2D eigenvalue weighted by molar-refractivity contribution is 0.371. The molecule has 2 aromatic rings. The van der Waals surface area contributed by atoms with Crippen molar-refractivity contribution in [1.82, 2.24) is 5.32 Å². The van der Waals surface area contributed by atoms with Gasteiger partial charge in [-0.05, 0) is 67.6 Å². The summed E-state index contributed by atoms with van der Waals surface area (Å²) < 4.78 is 23.9. The Kier molecular flexibility index (Phi) is 10.1. The van der Waals surface area contributed by atoms with E-state index in [2.05, 4.69) is 10.6 Å². The average molecular weight is 443 g/mol. The van der Waals surface area contributed by atoms with E-state index in [1.54, 1.807) is 12.1 Å². The van der Waals surface area contributed by atoms with Crippen LogP contribution in [0.2, 0.25) is 5.02 Å². The number of hydrogen-bond donors (Lipinski definition) is 4. The number of nitrogens with one attached hydrogen (secondary N) is 2. The molecule has 0 saturated carbocycles. The van der Waals surface area contributed by atoms with Gasteiger partial charge in [-0.2, -0.15) is 0 Å². The Morgan fingerprint density at radius 3 is 2.52 bits per heavy atom. The molecule has 0 spiro atoms. The topological polar surface area (TPSA) is 81.6 Å². The first kappa shape index (κ1) is 23.8. The number of benzene rings is 2. The minimum absolute atomic E-state index is 0.105. The van der Waals surface area contributed by atoms with Gasteiger partial charge in [-0.3, -0.25) is 4.57 Å². The van der Waals surface area contributed by atoms with Crippen LogP contribution in [0.1, 0.15) is 36.8 Å². The largest absolute Gasteiger partial charge is 0.384 e. The zero-order chi connectivity index (χ0) is 21.1. The highest BCUT2D eigenvalue weighted by Crippen LogP contribution is 2.34. The summed E-state index contributed by atoms with van der Waals surface area (Å²) in [6.45, 7) is 1.96. The van der Waals surface area contributed by atoms with E-state index in [0.717, 1.165) is 49.0 Å². The van der Waals surface area contributed by atoms with Crippen molar-refractivity contribution in [1.29, 1.82) is 0 Å². The molecule has 0 heterocycles. The van der Waals surface area contributed by atoms with E-state index in [4.69, 9.17) is 21.4 Å². The molecule has 0 amide bonds. The van der Waals surface area contributed by atoms with Crippen LogP contribution in [-0.2, 0) is 17.5 Å². The molecule has 0 aromatic heterocycles. The van der Waals surface area contributed by atoms with Gasteiger partial charge in [-0.25, -0.2) is 4.39 Å². The maximum absolute atomic E-state index is 13.1. The van der Waals surface area contributed by atoms with Crippen molar-refractivity contribution in [3.05, 3.63) is 64.4 Å². The summed E-state index contributed by atoms with van der Waals surface area (Å²) in [4.78, 5) is 17.7. The average Bonchev–Trinajstić information content (AvgIpc) is 2.65. The smallest absolute Gasteiger partial charge is 0.325 e. The second kappa shape index (κ2) is 12.3. The highest BCUT2D eigenvalue weighted by Gasteiger charge is 2.11. The first-order valence-electron chi connectivity index (χ1n) is 9.85. The molecule has 160 valence electrons. The van der Waals surface area contributed by atoms with Crippen LogP contribution >= 0.6 is 19.2 Å². The van der Waals surface area contributed by atoms with Crippen LogP contribution in [0.15, 0.2) is 42.5 Å². The molecular weight excluding hydrogens is 414 g/mol. The number of anilines is 1. The van der Waals surface area contributed by atoms with E-state index in [9.17, 15) is 8.96 Å². The Balaban J connectivity index is 1.61. The summed E-state index contributed by atoms with van der Waals surface area (Å²) >= 11 is 6.34. The van der Waals surface area contributed by atoms with E-state index in [-0.39, 0.29) is 12.0 Å². The zero-order valence-corrected chi connectivity index (χ0v) is 18.1. The van der Waals surface area contributed by atoms with Crippen LogP contribution in [0.25, 0.3) is 0 Å². The third kappa shape index (κ3) is 10.2. The molecular formula is C21H29ClFN2O3P. The van der Waals surface area contributed by atoms with Crippen molar-refractivity contribution in [2.75, 3.05) is 24.6 Å². The van der Waals surface area contributed by atoms with Crippen LogP contribution in [-0.4, -0.2) is 29.0 Å². The van der Waals surface area contributed by atoms with Crippen LogP contribution in [0.5, 0.6) is 0 Å². The van der Waals surface area contributed by atoms with Gasteiger partial charge >= 0.3 is 7.60 Å². The summed E-state index contributed by atoms with van der Waals surface area (Å²) in [5, 5.41) is 7.15. The van der Waals surface area contributed by atoms with Gasteiger partial charge in [0.15, 0.2) is 0 Å². The Labute approximate surface area is 176 Å². The lowest BCUT2D eigenvalue weighted by Crippen LogP contribution is -2.15. The normalized spacial score (nSPS) is 11.6. The van der Waals surface area contributed by atoms with Crippen LogP contribution in [0.3, 0.4) is 0 Å². The first-order chi connectivity index (χ1) is 13.8. The molecule has 0 radical (unpaired) electrons. The van der Waals surface area contributed by atoms with Crippen molar-refractivity contribution < 1.29 is 18.7 Å². The highest BCUT2D eigenvalue weighted by atomic mass is 35.5. The summed E-state index contributed by atoms with van der Waals surface area (Å²) in [5.41, 5.74) is 2.95. The molecule has 0 fully saturated rings. The van der Waals surface area contributed by atoms with Crippen molar-refractivity contribution in [3.8, 4) is 0 Å². The molecule has 0 bridgehead atoms. The van der Waals surface area contributed by atoms with Crippen molar-refractivity contribution in [3.63, 3.8) is 0 Å². The van der Waals surface area contributed by atoms with Gasteiger partial charge in [0.05, 0.1) is 16.9 Å². The Morgan fingerprint density at radius 2 is 1.79 bits per heavy atom. The molecule has 5 nitrogen and oxygen atoms in total. The van der Waals surface area contributed by atoms with E-state index in [1.165, 1.54) is 6.07 Å². The minimum Gasteiger partial charge on any atom is -0.384 e. The van der Waals surface area contributed by atoms with Crippen molar-refractivity contribution in [2.24, 2.45) is 0 Å². The van der Waals surface area contributed by atoms with Crippen LogP contribution in [0, 0.1) is 5.82 Å². The number of rotatable bonds is 13. The Hall–Kier alpha value is -1.43. The lowest BCUT2D eigenvalue weighted by Gasteiger charge is -2.11. The fourth-order valence-electron chi connectivity index (χ4n) is 3.00. The van der Waals surface area contributed by atoms with Gasteiger partial charge in [0, 0.05) is 13.1 Å². The SMILES string of the molecule is O=P(O)(O)CCCNCc1ccc(NCCCCCc2cccc(F)c2)c(Cl)c1. The molecule has 0 saturated heterocycles. The number of hydrogen-bond acceptors (Lipinski definition) is 3. The van der Waals surface area contributed by atoms with Gasteiger partial charge in [-0.1, -0.05) is 36.2 Å². The molecule has 0 unspecified atom stereocenters. The summed E-state index contributed by atoms with van der Waals surface area (Å²) in [6, 6.07) is 12.6. The molecule has 0 aliphatic heterocycles. The molecule has 4 N–H and O–H groups in total. The fraction of sp³-hybridized carbons (Fsp3) is 0.429. The molecule has 2 aromatic carbocycles. The molecule has 0 atom stereocenters. The van der Waals surface area contributed by atoms with E-state index >= 15 is 0 Å². The third-order valence-corrected chi connectivity index (χ3v) is 5.72. The van der Waals surface area contributed by atoms with E-state index in [1.807, 2.05) is 24.3 Å². The number of halogens is 2. The quantitative estimate of drug-likeness (QED) is 0.260. The Morgan fingerprint density at radius 1 is 0.966 bits per heavy atom. The maximum Gasteiger partial charge on any atom is 0.325 e. The minimum atomic E-state index is -3.91. The highest BCUT2D eigenvalue weighted by molar-refractivity contribution is 7.51. The molecule has 0 aliphatic rings. The first-order valence-corrected chi connectivity index (χ1v) is 12.0. The lowest BCUT2D eigenvalue weighted by atomic mass is 10.1. The van der Waals surface area contributed by atoms with E-state index < -0.39 is 7.60 Å². The second-order valence-corrected chi connectivity index (χ2v) is 9.28. The van der Waals surface area contributed by atoms with Gasteiger partial charge in [0.2, 0.25) is 0 Å². The van der Waals surface area contributed by atoms with Gasteiger partial charge in [0.25, 0.3) is 0 Å². The molecule has 2 rings (SSSR count). The van der Waals surface area contributed by atoms with Crippen LogP contribution in [0.4, 0.5) is 10.1 Å². The summed E-state index contributed by atoms with van der Waals surface area (Å²) in [6.07, 6.45) is 4.29. The van der Waals surface area contributed by atoms with Crippen molar-refractivity contribution in [2.45, 2.75) is 38.6 Å². The molecule has 8 heteroatoms. The van der Waals surface area contributed by atoms with E-state index in [0.29, 0.717) is 24.5 Å².